The predicted molar refractivity (Wildman–Crippen MR) is 153 cm³/mol. The van der Waals surface area contributed by atoms with Crippen molar-refractivity contribution in [3.05, 3.63) is 39.8 Å². The molecule has 238 valence electrons. The van der Waals surface area contributed by atoms with Gasteiger partial charge < -0.3 is 25.2 Å². The maximum Gasteiger partial charge on any atom is 0.418 e. The second kappa shape index (κ2) is 10.9. The normalized spacial score (nSPS) is 33.9. The van der Waals surface area contributed by atoms with E-state index in [2.05, 4.69) is 14.9 Å². The lowest BCUT2D eigenvalue weighted by molar-refractivity contribution is -0.137. The zero-order chi connectivity index (χ0) is 31.0. The molecule has 3 unspecified atom stereocenters. The number of amidine groups is 2. The number of anilines is 1. The molecule has 0 amide bonds. The number of halogens is 6. The standard InChI is InChI=1S/C29H32ClF5N6O3/c30-19-9-15(36)8-18(21(19)29(33,34)35)23-22(32)24-20-25(41-6-2-17(42)10-16(41)3-7-43-26(20)37-23)39-27(38-24)44-13-28-4-1-5-40(28)12-14(31)11-28/h8-9,14,16-17,20,26,42H,1-7,10-13,36H2/t14-,16+,17?,20?,26?,28+/m1/s1. The van der Waals surface area contributed by atoms with Gasteiger partial charge in [-0.1, -0.05) is 11.6 Å². The zero-order valence-corrected chi connectivity index (χ0v) is 24.4. The van der Waals surface area contributed by atoms with Crippen LogP contribution < -0.4 is 5.73 Å². The van der Waals surface area contributed by atoms with Gasteiger partial charge in [-0.3, -0.25) is 4.90 Å². The van der Waals surface area contributed by atoms with Gasteiger partial charge in [0, 0.05) is 36.8 Å². The zero-order valence-electron chi connectivity index (χ0n) is 23.7. The van der Waals surface area contributed by atoms with Gasteiger partial charge in [-0.25, -0.2) is 13.8 Å². The summed E-state index contributed by atoms with van der Waals surface area (Å²) >= 11 is 6.00. The summed E-state index contributed by atoms with van der Waals surface area (Å²) in [5, 5.41) is 9.69. The summed E-state index contributed by atoms with van der Waals surface area (Å²) in [5.41, 5.74) is 2.47. The van der Waals surface area contributed by atoms with Crippen molar-refractivity contribution >= 4 is 34.9 Å². The van der Waals surface area contributed by atoms with Crippen molar-refractivity contribution < 1.29 is 36.5 Å². The SMILES string of the molecule is Nc1cc(Cl)c(C(F)(F)F)c(C2=NC3OCC[C@H]4CC(O)CCN4C4=NC(OC[C@@]56CCCN5C[C@H](F)C6)=NC(=C2F)C43)c1. The number of aliphatic hydroxyl groups is 1. The number of nitrogens with zero attached hydrogens (tertiary/aromatic N) is 5. The summed E-state index contributed by atoms with van der Waals surface area (Å²) in [7, 11) is 0. The van der Waals surface area contributed by atoms with E-state index in [-0.39, 0.29) is 36.7 Å². The number of aliphatic hydroxyl groups excluding tert-OH is 1. The van der Waals surface area contributed by atoms with Crippen LogP contribution in [0.3, 0.4) is 0 Å². The Kier molecular flexibility index (Phi) is 7.41. The van der Waals surface area contributed by atoms with Crippen molar-refractivity contribution in [2.45, 2.75) is 74.8 Å². The first-order valence-corrected chi connectivity index (χ1v) is 15.2. The number of hydrogen-bond donors (Lipinski definition) is 2. The lowest BCUT2D eigenvalue weighted by atomic mass is 9.88. The number of alkyl halides is 4. The van der Waals surface area contributed by atoms with Crippen LogP contribution in [0.2, 0.25) is 5.02 Å². The highest BCUT2D eigenvalue weighted by molar-refractivity contribution is 6.32. The Hall–Kier alpha value is -2.81. The molecule has 1 aromatic rings. The Bertz CT molecular complexity index is 1480. The van der Waals surface area contributed by atoms with Gasteiger partial charge in [-0.05, 0) is 50.8 Å². The molecule has 6 atom stereocenters. The Morgan fingerprint density at radius 1 is 1.20 bits per heavy atom. The lowest BCUT2D eigenvalue weighted by Gasteiger charge is -2.46. The molecule has 44 heavy (non-hydrogen) atoms. The third kappa shape index (κ3) is 5.07. The molecule has 6 heterocycles. The second-order valence-electron chi connectivity index (χ2n) is 12.4. The van der Waals surface area contributed by atoms with Gasteiger partial charge in [-0.2, -0.15) is 23.2 Å². The number of fused-ring (bicyclic) bond motifs is 3. The number of aliphatic imine (C=N–C) groups is 3. The number of hydrogen-bond acceptors (Lipinski definition) is 9. The fourth-order valence-corrected chi connectivity index (χ4v) is 7.96. The summed E-state index contributed by atoms with van der Waals surface area (Å²) < 4.78 is 85.8. The Labute approximate surface area is 255 Å². The lowest BCUT2D eigenvalue weighted by Crippen LogP contribution is -2.55. The molecule has 0 aliphatic carbocycles. The molecule has 9 nitrogen and oxygen atoms in total. The van der Waals surface area contributed by atoms with Crippen LogP contribution in [-0.2, 0) is 15.7 Å². The Balaban J connectivity index is 1.33. The van der Waals surface area contributed by atoms with Crippen LogP contribution in [0.4, 0.5) is 27.6 Å². The average molecular weight is 643 g/mol. The van der Waals surface area contributed by atoms with Gasteiger partial charge in [0.05, 0.1) is 34.5 Å². The maximum absolute atomic E-state index is 16.6. The topological polar surface area (TPSA) is 108 Å². The number of nitrogen functional groups attached to an aromatic ring is 1. The Morgan fingerprint density at radius 2 is 2.02 bits per heavy atom. The van der Waals surface area contributed by atoms with Crippen molar-refractivity contribution in [1.29, 1.82) is 0 Å². The molecule has 1 aromatic carbocycles. The molecule has 6 aliphatic heterocycles. The first-order valence-electron chi connectivity index (χ1n) is 14.8. The second-order valence-corrected chi connectivity index (χ2v) is 12.8. The van der Waals surface area contributed by atoms with Crippen LogP contribution in [0.5, 0.6) is 0 Å². The number of benzene rings is 1. The van der Waals surface area contributed by atoms with E-state index in [1.54, 1.807) is 0 Å². The van der Waals surface area contributed by atoms with Gasteiger partial charge in [0.15, 0.2) is 12.1 Å². The molecule has 0 bridgehead atoms. The first kappa shape index (κ1) is 29.9. The van der Waals surface area contributed by atoms with Crippen molar-refractivity contribution in [3.8, 4) is 0 Å². The Morgan fingerprint density at radius 3 is 2.82 bits per heavy atom. The van der Waals surface area contributed by atoms with Crippen LogP contribution in [-0.4, -0.2) is 95.4 Å². The smallest absolute Gasteiger partial charge is 0.418 e. The highest BCUT2D eigenvalue weighted by Gasteiger charge is 2.51. The van der Waals surface area contributed by atoms with E-state index < -0.39 is 63.8 Å². The highest BCUT2D eigenvalue weighted by Crippen LogP contribution is 2.45. The number of allylic oxidation sites excluding steroid dienone is 1. The van der Waals surface area contributed by atoms with Gasteiger partial charge in [0.2, 0.25) is 0 Å². The largest absolute Gasteiger partial charge is 0.461 e. The van der Waals surface area contributed by atoms with Crippen LogP contribution in [0.1, 0.15) is 49.7 Å². The fraction of sp³-hybridized carbons (Fsp3) is 0.621. The quantitative estimate of drug-likeness (QED) is 0.372. The summed E-state index contributed by atoms with van der Waals surface area (Å²) in [5.74, 6) is -1.71. The van der Waals surface area contributed by atoms with E-state index in [0.717, 1.165) is 31.5 Å². The highest BCUT2D eigenvalue weighted by atomic mass is 35.5. The molecule has 0 aromatic heterocycles. The number of piperidine rings is 1. The third-order valence-electron chi connectivity index (χ3n) is 9.58. The summed E-state index contributed by atoms with van der Waals surface area (Å²) in [6, 6.07) is 1.59. The van der Waals surface area contributed by atoms with Gasteiger partial charge in [0.25, 0.3) is 0 Å². The minimum atomic E-state index is -4.94. The van der Waals surface area contributed by atoms with Crippen LogP contribution in [0, 0.1) is 5.92 Å². The molecular weight excluding hydrogens is 611 g/mol. The number of nitrogens with two attached hydrogens (primary N) is 1. The maximum atomic E-state index is 16.6. The van der Waals surface area contributed by atoms with E-state index in [1.165, 1.54) is 0 Å². The number of ether oxygens (including phenoxy) is 2. The van der Waals surface area contributed by atoms with E-state index in [4.69, 9.17) is 31.8 Å². The van der Waals surface area contributed by atoms with Gasteiger partial charge in [-0.15, -0.1) is 0 Å². The van der Waals surface area contributed by atoms with Gasteiger partial charge in [0.1, 0.15) is 30.2 Å². The van der Waals surface area contributed by atoms with Crippen molar-refractivity contribution in [3.63, 3.8) is 0 Å². The molecule has 0 saturated carbocycles. The molecule has 4 fully saturated rings. The van der Waals surface area contributed by atoms with Crippen LogP contribution in [0.25, 0.3) is 0 Å². The predicted octanol–water partition coefficient (Wildman–Crippen LogP) is 4.47. The minimum absolute atomic E-state index is 0.0780. The summed E-state index contributed by atoms with van der Waals surface area (Å²) in [6.45, 7) is 1.71. The van der Waals surface area contributed by atoms with Crippen molar-refractivity contribution in [1.82, 2.24) is 9.80 Å². The average Bonchev–Trinajstić information content (AvgIpc) is 3.46. The number of rotatable bonds is 3. The molecule has 6 aliphatic rings. The monoisotopic (exact) mass is 642 g/mol. The summed E-state index contributed by atoms with van der Waals surface area (Å²) in [4.78, 5) is 17.5. The van der Waals surface area contributed by atoms with Crippen LogP contribution in [0.15, 0.2) is 38.6 Å². The molecular formula is C29H32ClF5N6O3. The number of dihydropyridines is 1. The molecule has 0 radical (unpaired) electrons. The van der Waals surface area contributed by atoms with Crippen molar-refractivity contribution in [2.75, 3.05) is 38.6 Å². The van der Waals surface area contributed by atoms with E-state index in [9.17, 15) is 22.7 Å². The molecule has 3 N–H and O–H groups in total. The molecule has 7 rings (SSSR count). The molecule has 15 heteroatoms. The minimum Gasteiger partial charge on any atom is -0.461 e. The van der Waals surface area contributed by atoms with E-state index in [1.807, 2.05) is 4.90 Å². The van der Waals surface area contributed by atoms with Gasteiger partial charge >= 0.3 is 12.2 Å². The van der Waals surface area contributed by atoms with E-state index in [0.29, 0.717) is 44.6 Å². The van der Waals surface area contributed by atoms with E-state index >= 15 is 4.39 Å². The summed E-state index contributed by atoms with van der Waals surface area (Å²) in [6.07, 6.45) is -4.32. The van der Waals surface area contributed by atoms with Crippen molar-refractivity contribution in [2.24, 2.45) is 20.9 Å². The first-order chi connectivity index (χ1) is 20.9. The van der Waals surface area contributed by atoms with Crippen LogP contribution >= 0.6 is 11.6 Å². The third-order valence-corrected chi connectivity index (χ3v) is 9.88. The molecule has 4 saturated heterocycles. The molecule has 0 spiro atoms. The fourth-order valence-electron chi connectivity index (χ4n) is 7.62.